The number of hydrogen-bond donors (Lipinski definition) is 1. The van der Waals surface area contributed by atoms with Gasteiger partial charge in [0.25, 0.3) is 0 Å². The highest BCUT2D eigenvalue weighted by Crippen LogP contribution is 2.25. The first kappa shape index (κ1) is 14.1. The van der Waals surface area contributed by atoms with E-state index in [4.69, 9.17) is 5.73 Å². The molecule has 6 heteroatoms. The smallest absolute Gasteiger partial charge is 0.0982 e. The summed E-state index contributed by atoms with van der Waals surface area (Å²) >= 11 is 1.71. The van der Waals surface area contributed by atoms with Gasteiger partial charge in [-0.3, -0.25) is 0 Å². The Morgan fingerprint density at radius 1 is 1.32 bits per heavy atom. The van der Waals surface area contributed by atoms with Crippen LogP contribution in [0.25, 0.3) is 0 Å². The first-order valence-electron chi connectivity index (χ1n) is 6.53. The van der Waals surface area contributed by atoms with E-state index in [1.165, 1.54) is 0 Å². The third-order valence-electron chi connectivity index (χ3n) is 2.74. The van der Waals surface area contributed by atoms with E-state index in [1.807, 2.05) is 10.9 Å². The highest BCUT2D eigenvalue weighted by atomic mass is 32.1. The van der Waals surface area contributed by atoms with Crippen LogP contribution in [0.2, 0.25) is 0 Å². The van der Waals surface area contributed by atoms with Crippen molar-refractivity contribution in [3.63, 3.8) is 0 Å². The summed E-state index contributed by atoms with van der Waals surface area (Å²) in [6, 6.07) is 0. The molecule has 0 saturated carbocycles. The van der Waals surface area contributed by atoms with E-state index in [1.54, 1.807) is 11.3 Å². The zero-order valence-electron chi connectivity index (χ0n) is 11.8. The minimum atomic E-state index is 0.109. The van der Waals surface area contributed by atoms with E-state index in [-0.39, 0.29) is 5.41 Å². The van der Waals surface area contributed by atoms with Gasteiger partial charge in [0.1, 0.15) is 0 Å². The van der Waals surface area contributed by atoms with Crippen molar-refractivity contribution in [3.05, 3.63) is 28.0 Å². The molecule has 0 amide bonds. The van der Waals surface area contributed by atoms with Crippen LogP contribution in [0.1, 0.15) is 43.6 Å². The summed E-state index contributed by atoms with van der Waals surface area (Å²) in [6.07, 6.45) is 3.82. The van der Waals surface area contributed by atoms with Crippen molar-refractivity contribution in [3.8, 4) is 0 Å². The Labute approximate surface area is 117 Å². The van der Waals surface area contributed by atoms with Crippen LogP contribution in [0.4, 0.5) is 0 Å². The van der Waals surface area contributed by atoms with Gasteiger partial charge in [-0.15, -0.1) is 16.4 Å². The van der Waals surface area contributed by atoms with Crippen molar-refractivity contribution in [2.24, 2.45) is 5.73 Å². The summed E-state index contributed by atoms with van der Waals surface area (Å²) in [4.78, 5) is 4.66. The highest BCUT2D eigenvalue weighted by Gasteiger charge is 2.18. The Bertz CT molecular complexity index is 523. The average Bonchev–Trinajstić information content (AvgIpc) is 2.95. The summed E-state index contributed by atoms with van der Waals surface area (Å²) in [6.45, 7) is 7.90. The van der Waals surface area contributed by atoms with Gasteiger partial charge in [-0.2, -0.15) is 0 Å². The van der Waals surface area contributed by atoms with Gasteiger partial charge >= 0.3 is 0 Å². The highest BCUT2D eigenvalue weighted by molar-refractivity contribution is 7.09. The van der Waals surface area contributed by atoms with E-state index >= 15 is 0 Å². The first-order chi connectivity index (χ1) is 8.99. The van der Waals surface area contributed by atoms with Crippen LogP contribution in [-0.2, 0) is 18.4 Å². The van der Waals surface area contributed by atoms with Crippen molar-refractivity contribution in [2.45, 2.75) is 45.6 Å². The van der Waals surface area contributed by atoms with E-state index in [2.05, 4.69) is 41.4 Å². The predicted molar refractivity (Wildman–Crippen MR) is 77.3 cm³/mol. The molecular weight excluding hydrogens is 258 g/mol. The molecule has 0 spiro atoms. The summed E-state index contributed by atoms with van der Waals surface area (Å²) in [5.41, 5.74) is 7.64. The lowest BCUT2D eigenvalue weighted by atomic mass is 9.98. The maximum atomic E-state index is 5.49. The summed E-state index contributed by atoms with van der Waals surface area (Å²) in [5, 5.41) is 11.5. The molecule has 0 aliphatic heterocycles. The fraction of sp³-hybridized carbons (Fsp3) is 0.615. The molecule has 0 aliphatic carbocycles. The number of aromatic nitrogens is 4. The Kier molecular flexibility index (Phi) is 4.31. The van der Waals surface area contributed by atoms with Gasteiger partial charge in [0.05, 0.1) is 22.9 Å². The number of nitrogens with zero attached hydrogens (tertiary/aromatic N) is 4. The number of thiazole rings is 1. The van der Waals surface area contributed by atoms with Crippen LogP contribution in [-0.4, -0.2) is 26.5 Å². The second-order valence-corrected chi connectivity index (χ2v) is 6.55. The molecule has 2 aromatic rings. The van der Waals surface area contributed by atoms with E-state index in [9.17, 15) is 0 Å². The van der Waals surface area contributed by atoms with Gasteiger partial charge in [0, 0.05) is 17.0 Å². The Balaban J connectivity index is 2.01. The quantitative estimate of drug-likeness (QED) is 0.908. The molecule has 2 rings (SSSR count). The SMILES string of the molecule is CC(C)(C)c1nc(Cn2cc(CCCN)nn2)cs1. The molecule has 104 valence electrons. The Morgan fingerprint density at radius 3 is 2.74 bits per heavy atom. The molecule has 2 heterocycles. The van der Waals surface area contributed by atoms with Gasteiger partial charge in [0.2, 0.25) is 0 Å². The molecule has 2 N–H and O–H groups in total. The third kappa shape index (κ3) is 3.84. The molecule has 5 nitrogen and oxygen atoms in total. The number of hydrogen-bond acceptors (Lipinski definition) is 5. The molecule has 0 aromatic carbocycles. The lowest BCUT2D eigenvalue weighted by molar-refractivity contribution is 0.577. The van der Waals surface area contributed by atoms with E-state index < -0.39 is 0 Å². The fourth-order valence-electron chi connectivity index (χ4n) is 1.70. The van der Waals surface area contributed by atoms with Crippen molar-refractivity contribution in [1.29, 1.82) is 0 Å². The minimum Gasteiger partial charge on any atom is -0.330 e. The van der Waals surface area contributed by atoms with Crippen molar-refractivity contribution in [1.82, 2.24) is 20.0 Å². The summed E-state index contributed by atoms with van der Waals surface area (Å²) in [5.74, 6) is 0. The molecule has 0 saturated heterocycles. The number of rotatable bonds is 5. The van der Waals surface area contributed by atoms with Crippen LogP contribution in [0.15, 0.2) is 11.6 Å². The lowest BCUT2D eigenvalue weighted by Gasteiger charge is -2.13. The van der Waals surface area contributed by atoms with Crippen LogP contribution < -0.4 is 5.73 Å². The molecule has 0 fully saturated rings. The maximum Gasteiger partial charge on any atom is 0.0982 e. The second-order valence-electron chi connectivity index (χ2n) is 5.69. The largest absolute Gasteiger partial charge is 0.330 e. The molecule has 0 bridgehead atoms. The van der Waals surface area contributed by atoms with Gasteiger partial charge in [-0.25, -0.2) is 9.67 Å². The number of nitrogens with two attached hydrogens (primary N) is 1. The fourth-order valence-corrected chi connectivity index (χ4v) is 2.60. The minimum absolute atomic E-state index is 0.109. The van der Waals surface area contributed by atoms with Crippen molar-refractivity contribution in [2.75, 3.05) is 6.54 Å². The van der Waals surface area contributed by atoms with Crippen LogP contribution in [0.5, 0.6) is 0 Å². The van der Waals surface area contributed by atoms with E-state index in [0.29, 0.717) is 13.1 Å². The molecule has 0 radical (unpaired) electrons. The molecule has 0 unspecified atom stereocenters. The molecule has 0 aliphatic rings. The van der Waals surface area contributed by atoms with Gasteiger partial charge in [-0.05, 0) is 19.4 Å². The van der Waals surface area contributed by atoms with Crippen LogP contribution in [0, 0.1) is 0 Å². The average molecular weight is 279 g/mol. The van der Waals surface area contributed by atoms with Gasteiger partial charge in [-0.1, -0.05) is 26.0 Å². The summed E-state index contributed by atoms with van der Waals surface area (Å²) < 4.78 is 1.84. The maximum absolute atomic E-state index is 5.49. The molecule has 19 heavy (non-hydrogen) atoms. The summed E-state index contributed by atoms with van der Waals surface area (Å²) in [7, 11) is 0. The molecular formula is C13H21N5S. The number of aryl methyl sites for hydroxylation is 1. The predicted octanol–water partition coefficient (Wildman–Crippen LogP) is 1.97. The second kappa shape index (κ2) is 5.79. The Hall–Kier alpha value is -1.27. The first-order valence-corrected chi connectivity index (χ1v) is 7.41. The molecule has 0 atom stereocenters. The topological polar surface area (TPSA) is 69.6 Å². The molecule has 2 aromatic heterocycles. The zero-order valence-corrected chi connectivity index (χ0v) is 12.6. The van der Waals surface area contributed by atoms with Crippen LogP contribution in [0.3, 0.4) is 0 Å². The van der Waals surface area contributed by atoms with Gasteiger partial charge in [0.15, 0.2) is 0 Å². The van der Waals surface area contributed by atoms with E-state index in [0.717, 1.165) is 29.2 Å². The van der Waals surface area contributed by atoms with Crippen LogP contribution >= 0.6 is 11.3 Å². The van der Waals surface area contributed by atoms with Gasteiger partial charge < -0.3 is 5.73 Å². The normalized spacial score (nSPS) is 12.0. The lowest BCUT2D eigenvalue weighted by Crippen LogP contribution is -2.11. The Morgan fingerprint density at radius 2 is 2.11 bits per heavy atom. The monoisotopic (exact) mass is 279 g/mol. The standard InChI is InChI=1S/C13H21N5S/c1-13(2,3)12-15-11(9-19-12)8-18-7-10(16-17-18)5-4-6-14/h7,9H,4-6,8,14H2,1-3H3. The van der Waals surface area contributed by atoms with Crippen molar-refractivity contribution >= 4 is 11.3 Å². The third-order valence-corrected chi connectivity index (χ3v) is 4.06. The zero-order chi connectivity index (χ0) is 13.9. The van der Waals surface area contributed by atoms with Crippen molar-refractivity contribution < 1.29 is 0 Å².